The lowest BCUT2D eigenvalue weighted by molar-refractivity contribution is 0.0428. The van der Waals surface area contributed by atoms with Crippen molar-refractivity contribution in [3.05, 3.63) is 59.0 Å². The van der Waals surface area contributed by atoms with Gasteiger partial charge in [0.1, 0.15) is 17.1 Å². The zero-order valence-electron chi connectivity index (χ0n) is 17.4. The van der Waals surface area contributed by atoms with Gasteiger partial charge < -0.3 is 25.5 Å². The number of halogens is 1. The van der Waals surface area contributed by atoms with Crippen molar-refractivity contribution in [3.63, 3.8) is 0 Å². The third-order valence-corrected chi connectivity index (χ3v) is 4.14. The van der Waals surface area contributed by atoms with Gasteiger partial charge in [-0.3, -0.25) is 4.79 Å². The molecule has 2 rings (SSSR count). The van der Waals surface area contributed by atoms with E-state index < -0.39 is 5.60 Å². The number of nitrogens with one attached hydrogen (secondary N) is 3. The first kappa shape index (κ1) is 25.0. The van der Waals surface area contributed by atoms with E-state index in [0.29, 0.717) is 36.9 Å². The van der Waals surface area contributed by atoms with Gasteiger partial charge in [-0.15, -0.1) is 24.0 Å². The van der Waals surface area contributed by atoms with Gasteiger partial charge in [-0.25, -0.2) is 4.99 Å². The lowest BCUT2D eigenvalue weighted by Gasteiger charge is -2.19. The van der Waals surface area contributed by atoms with E-state index in [1.54, 1.807) is 19.1 Å². The highest BCUT2D eigenvalue weighted by Crippen LogP contribution is 2.22. The van der Waals surface area contributed by atoms with Crippen molar-refractivity contribution in [2.45, 2.75) is 33.3 Å². The Labute approximate surface area is 189 Å². The minimum absolute atomic E-state index is 0. The van der Waals surface area contributed by atoms with Crippen molar-refractivity contribution >= 4 is 35.8 Å². The molecular formula is C21H31IN4O3. The van der Waals surface area contributed by atoms with Gasteiger partial charge >= 0.3 is 0 Å². The summed E-state index contributed by atoms with van der Waals surface area (Å²) < 4.78 is 5.51. The maximum absolute atomic E-state index is 12.2. The van der Waals surface area contributed by atoms with Gasteiger partial charge in [-0.05, 0) is 52.0 Å². The van der Waals surface area contributed by atoms with Crippen LogP contribution in [0.15, 0.2) is 45.8 Å². The Morgan fingerprint density at radius 2 is 1.86 bits per heavy atom. The number of amides is 1. The number of aliphatic imine (C=N–C) groups is 1. The molecule has 1 atom stereocenters. The van der Waals surface area contributed by atoms with Crippen LogP contribution in [-0.2, 0) is 5.60 Å². The van der Waals surface area contributed by atoms with Crippen LogP contribution in [0.1, 0.15) is 41.3 Å². The van der Waals surface area contributed by atoms with Crippen LogP contribution in [0.3, 0.4) is 0 Å². The number of benzene rings is 1. The summed E-state index contributed by atoms with van der Waals surface area (Å²) in [5, 5.41) is 19.7. The Hall–Kier alpha value is -2.07. The van der Waals surface area contributed by atoms with Crippen molar-refractivity contribution in [2.75, 3.05) is 26.2 Å². The van der Waals surface area contributed by atoms with Gasteiger partial charge in [0.05, 0.1) is 6.54 Å². The summed E-state index contributed by atoms with van der Waals surface area (Å²) in [6.07, 6.45) is 0. The van der Waals surface area contributed by atoms with Crippen molar-refractivity contribution < 1.29 is 14.3 Å². The zero-order chi connectivity index (χ0) is 20.6. The van der Waals surface area contributed by atoms with Crippen molar-refractivity contribution in [3.8, 4) is 0 Å². The predicted octanol–water partition coefficient (Wildman–Crippen LogP) is 2.71. The minimum atomic E-state index is -1.20. The number of hydrogen-bond donors (Lipinski definition) is 4. The van der Waals surface area contributed by atoms with E-state index >= 15 is 0 Å². The number of nitrogens with zero attached hydrogens (tertiary/aromatic N) is 1. The first-order valence-corrected chi connectivity index (χ1v) is 9.48. The fourth-order valence-corrected chi connectivity index (χ4v) is 2.62. The summed E-state index contributed by atoms with van der Waals surface area (Å²) >= 11 is 0. The third kappa shape index (κ3) is 8.06. The molecule has 0 fully saturated rings. The van der Waals surface area contributed by atoms with Gasteiger partial charge in [0.15, 0.2) is 5.96 Å². The number of hydrogen-bond acceptors (Lipinski definition) is 4. The summed E-state index contributed by atoms with van der Waals surface area (Å²) in [6, 6.07) is 11.0. The van der Waals surface area contributed by atoms with E-state index in [4.69, 9.17) is 4.42 Å². The number of aryl methyl sites for hydroxylation is 2. The molecule has 0 radical (unpaired) electrons. The topological polar surface area (TPSA) is 98.9 Å². The molecule has 1 heterocycles. The zero-order valence-corrected chi connectivity index (χ0v) is 19.7. The lowest BCUT2D eigenvalue weighted by Crippen LogP contribution is -2.42. The highest BCUT2D eigenvalue weighted by molar-refractivity contribution is 14.0. The summed E-state index contributed by atoms with van der Waals surface area (Å²) in [5.41, 5.74) is 0.493. The molecule has 4 N–H and O–H groups in total. The highest BCUT2D eigenvalue weighted by atomic mass is 127. The first-order chi connectivity index (χ1) is 13.3. The van der Waals surface area contributed by atoms with E-state index in [1.165, 1.54) is 0 Å². The summed E-state index contributed by atoms with van der Waals surface area (Å²) in [7, 11) is 0. The monoisotopic (exact) mass is 514 g/mol. The molecule has 0 aliphatic rings. The molecule has 1 amide bonds. The largest absolute Gasteiger partial charge is 0.463 e. The molecular weight excluding hydrogens is 483 g/mol. The predicted molar refractivity (Wildman–Crippen MR) is 126 cm³/mol. The average Bonchev–Trinajstić information content (AvgIpc) is 3.10. The summed E-state index contributed by atoms with van der Waals surface area (Å²) in [4.78, 5) is 16.6. The SMILES string of the molecule is CCNC(=NCC(C)(O)c1ccc(C)o1)NCCNC(=O)c1cccc(C)c1.I. The molecule has 1 aromatic heterocycles. The minimum Gasteiger partial charge on any atom is -0.463 e. The number of furan rings is 1. The molecule has 2 aromatic rings. The molecule has 0 saturated carbocycles. The third-order valence-electron chi connectivity index (χ3n) is 4.14. The van der Waals surface area contributed by atoms with E-state index in [-0.39, 0.29) is 36.4 Å². The average molecular weight is 514 g/mol. The fraction of sp³-hybridized carbons (Fsp3) is 0.429. The molecule has 160 valence electrons. The molecule has 7 nitrogen and oxygen atoms in total. The molecule has 0 bridgehead atoms. The Kier molecular flexibility index (Phi) is 10.2. The Balaban J connectivity index is 0.00000420. The summed E-state index contributed by atoms with van der Waals surface area (Å²) in [6.45, 7) is 9.20. The van der Waals surface area contributed by atoms with Crippen LogP contribution in [0.5, 0.6) is 0 Å². The second-order valence-electron chi connectivity index (χ2n) is 6.93. The fourth-order valence-electron chi connectivity index (χ4n) is 2.62. The van der Waals surface area contributed by atoms with Crippen LogP contribution < -0.4 is 16.0 Å². The molecule has 0 aliphatic carbocycles. The second kappa shape index (κ2) is 11.8. The molecule has 8 heteroatoms. The van der Waals surface area contributed by atoms with Gasteiger partial charge in [-0.2, -0.15) is 0 Å². The van der Waals surface area contributed by atoms with Crippen LogP contribution in [0, 0.1) is 13.8 Å². The molecule has 1 unspecified atom stereocenters. The maximum Gasteiger partial charge on any atom is 0.251 e. The van der Waals surface area contributed by atoms with Crippen LogP contribution in [0.2, 0.25) is 0 Å². The number of carbonyl (C=O) groups excluding carboxylic acids is 1. The Bertz CT molecular complexity index is 818. The number of guanidine groups is 1. The molecule has 1 aromatic carbocycles. The van der Waals surface area contributed by atoms with Crippen molar-refractivity contribution in [1.29, 1.82) is 0 Å². The Morgan fingerprint density at radius 1 is 1.14 bits per heavy atom. The molecule has 0 aliphatic heterocycles. The normalized spacial score (nSPS) is 13.2. The first-order valence-electron chi connectivity index (χ1n) is 9.48. The Morgan fingerprint density at radius 3 is 2.48 bits per heavy atom. The molecule has 0 saturated heterocycles. The summed E-state index contributed by atoms with van der Waals surface area (Å²) in [5.74, 6) is 1.68. The van der Waals surface area contributed by atoms with Crippen LogP contribution in [0.4, 0.5) is 0 Å². The van der Waals surface area contributed by atoms with Gasteiger partial charge in [0.25, 0.3) is 5.91 Å². The standard InChI is InChI=1S/C21H30N4O3.HI/c1-5-22-20(25-14-21(4,27)18-10-9-16(3)28-18)24-12-11-23-19(26)17-8-6-7-15(2)13-17;/h6-10,13,27H,5,11-12,14H2,1-4H3,(H,23,26)(H2,22,24,25);1H. The number of aliphatic hydroxyl groups is 1. The van der Waals surface area contributed by atoms with Gasteiger partial charge in [0, 0.05) is 25.2 Å². The van der Waals surface area contributed by atoms with Crippen LogP contribution in [-0.4, -0.2) is 43.2 Å². The smallest absolute Gasteiger partial charge is 0.251 e. The van der Waals surface area contributed by atoms with Crippen molar-refractivity contribution in [1.82, 2.24) is 16.0 Å². The van der Waals surface area contributed by atoms with Gasteiger partial charge in [-0.1, -0.05) is 17.7 Å². The number of carbonyl (C=O) groups is 1. The lowest BCUT2D eigenvalue weighted by atomic mass is 10.0. The van der Waals surface area contributed by atoms with Gasteiger partial charge in [0.2, 0.25) is 0 Å². The van der Waals surface area contributed by atoms with E-state index in [1.807, 2.05) is 45.0 Å². The van der Waals surface area contributed by atoms with E-state index in [9.17, 15) is 9.90 Å². The second-order valence-corrected chi connectivity index (χ2v) is 6.93. The quantitative estimate of drug-likeness (QED) is 0.188. The maximum atomic E-state index is 12.2. The molecule has 0 spiro atoms. The van der Waals surface area contributed by atoms with E-state index in [0.717, 1.165) is 11.3 Å². The van der Waals surface area contributed by atoms with Crippen molar-refractivity contribution in [2.24, 2.45) is 4.99 Å². The van der Waals surface area contributed by atoms with Crippen LogP contribution in [0.25, 0.3) is 0 Å². The molecule has 29 heavy (non-hydrogen) atoms. The van der Waals surface area contributed by atoms with E-state index in [2.05, 4.69) is 20.9 Å². The highest BCUT2D eigenvalue weighted by Gasteiger charge is 2.26. The van der Waals surface area contributed by atoms with Crippen LogP contribution >= 0.6 is 24.0 Å². The number of rotatable bonds is 8.